The lowest BCUT2D eigenvalue weighted by Crippen LogP contribution is -2.72. The smallest absolute Gasteiger partial charge is 0.137 e. The molecule has 0 aromatic carbocycles. The lowest BCUT2D eigenvalue weighted by Gasteiger charge is -2.54. The van der Waals surface area contributed by atoms with Crippen molar-refractivity contribution in [2.45, 2.75) is 31.0 Å². The summed E-state index contributed by atoms with van der Waals surface area (Å²) in [7, 11) is 2.45. The summed E-state index contributed by atoms with van der Waals surface area (Å²) in [4.78, 5) is 6.99. The summed E-state index contributed by atoms with van der Waals surface area (Å²) in [6.07, 6.45) is 9.87. The van der Waals surface area contributed by atoms with Gasteiger partial charge in [0.2, 0.25) is 0 Å². The average Bonchev–Trinajstić information content (AvgIpc) is 2.66. The van der Waals surface area contributed by atoms with Crippen molar-refractivity contribution in [1.29, 1.82) is 0 Å². The van der Waals surface area contributed by atoms with Crippen LogP contribution in [-0.2, 0) is 4.74 Å². The predicted octanol–water partition coefficient (Wildman–Crippen LogP) is 1.26. The maximum Gasteiger partial charge on any atom is 0.137 e. The van der Waals surface area contributed by atoms with Crippen LogP contribution in [0.4, 0.5) is 5.82 Å². The molecular weight excluding hydrogens is 262 g/mol. The zero-order chi connectivity index (χ0) is 14.4. The van der Waals surface area contributed by atoms with Crippen molar-refractivity contribution >= 4 is 5.82 Å². The number of pyridine rings is 1. The SMILES string of the molecule is C#Cc1ccc(N2C[C@H]3CC[C@@H](C2)[N+]3(C)C2COC2)nc1. The average molecular weight is 284 g/mol. The second-order valence-corrected chi connectivity index (χ2v) is 6.75. The van der Waals surface area contributed by atoms with Crippen LogP contribution in [-0.4, -0.2) is 60.9 Å². The molecule has 0 radical (unpaired) electrons. The van der Waals surface area contributed by atoms with Crippen LogP contribution in [0.15, 0.2) is 18.3 Å². The molecule has 4 nitrogen and oxygen atoms in total. The largest absolute Gasteiger partial charge is 0.369 e. The van der Waals surface area contributed by atoms with Crippen LogP contribution in [0.1, 0.15) is 18.4 Å². The molecule has 0 amide bonds. The Labute approximate surface area is 126 Å². The number of fused-ring (bicyclic) bond motifs is 2. The fourth-order valence-corrected chi connectivity index (χ4v) is 4.34. The van der Waals surface area contributed by atoms with Crippen molar-refractivity contribution < 1.29 is 9.22 Å². The molecule has 1 aromatic rings. The molecule has 3 atom stereocenters. The first-order valence-electron chi connectivity index (χ1n) is 7.82. The van der Waals surface area contributed by atoms with Gasteiger partial charge in [-0.05, 0) is 12.1 Å². The highest BCUT2D eigenvalue weighted by Crippen LogP contribution is 2.41. The monoisotopic (exact) mass is 284 g/mol. The Hall–Kier alpha value is -1.57. The lowest BCUT2D eigenvalue weighted by molar-refractivity contribution is -0.974. The van der Waals surface area contributed by atoms with Crippen LogP contribution in [0, 0.1) is 12.3 Å². The van der Waals surface area contributed by atoms with Gasteiger partial charge in [0.1, 0.15) is 37.2 Å². The van der Waals surface area contributed by atoms with Crippen molar-refractivity contribution in [3.63, 3.8) is 0 Å². The molecule has 0 N–H and O–H groups in total. The fraction of sp³-hybridized carbons (Fsp3) is 0.588. The second-order valence-electron chi connectivity index (χ2n) is 6.75. The molecule has 4 heteroatoms. The van der Waals surface area contributed by atoms with Gasteiger partial charge in [0.25, 0.3) is 0 Å². The number of nitrogens with zero attached hydrogens (tertiary/aromatic N) is 3. The van der Waals surface area contributed by atoms with E-state index >= 15 is 0 Å². The summed E-state index contributed by atoms with van der Waals surface area (Å²) < 4.78 is 6.68. The quantitative estimate of drug-likeness (QED) is 0.604. The lowest BCUT2D eigenvalue weighted by atomic mass is 10.0. The predicted molar refractivity (Wildman–Crippen MR) is 82.0 cm³/mol. The number of rotatable bonds is 2. The maximum atomic E-state index is 5.45. The second kappa shape index (κ2) is 4.72. The van der Waals surface area contributed by atoms with E-state index in [1.54, 1.807) is 6.20 Å². The molecule has 3 aliphatic heterocycles. The molecule has 0 aliphatic carbocycles. The highest BCUT2D eigenvalue weighted by Gasteiger charge is 2.56. The molecule has 2 bridgehead atoms. The van der Waals surface area contributed by atoms with Crippen molar-refractivity contribution in [2.75, 3.05) is 38.3 Å². The van der Waals surface area contributed by atoms with Crippen molar-refractivity contribution in [3.8, 4) is 12.3 Å². The number of piperazine rings is 1. The summed E-state index contributed by atoms with van der Waals surface area (Å²) in [6, 6.07) is 6.20. The van der Waals surface area contributed by atoms with E-state index in [1.807, 2.05) is 6.07 Å². The van der Waals surface area contributed by atoms with Gasteiger partial charge in [-0.2, -0.15) is 0 Å². The molecular formula is C17H22N3O+. The summed E-state index contributed by atoms with van der Waals surface area (Å²) in [5.74, 6) is 3.70. The van der Waals surface area contributed by atoms with Crippen molar-refractivity contribution in [2.24, 2.45) is 0 Å². The number of aromatic nitrogens is 1. The number of likely N-dealkylation sites (N-methyl/N-ethyl adjacent to an activating group) is 1. The molecule has 3 aliphatic rings. The van der Waals surface area contributed by atoms with Crippen LogP contribution < -0.4 is 4.90 Å². The van der Waals surface area contributed by atoms with Gasteiger partial charge in [-0.15, -0.1) is 6.42 Å². The van der Waals surface area contributed by atoms with E-state index in [0.717, 1.165) is 37.7 Å². The molecule has 0 saturated carbocycles. The molecule has 3 saturated heterocycles. The Morgan fingerprint density at radius 3 is 2.43 bits per heavy atom. The highest BCUT2D eigenvalue weighted by molar-refractivity contribution is 5.43. The Morgan fingerprint density at radius 1 is 1.24 bits per heavy atom. The molecule has 1 unspecified atom stereocenters. The first kappa shape index (κ1) is 13.1. The molecule has 21 heavy (non-hydrogen) atoms. The fourth-order valence-electron chi connectivity index (χ4n) is 4.34. The maximum absolute atomic E-state index is 5.45. The van der Waals surface area contributed by atoms with E-state index in [1.165, 1.54) is 17.3 Å². The highest BCUT2D eigenvalue weighted by atomic mass is 16.5. The van der Waals surface area contributed by atoms with Gasteiger partial charge in [0.05, 0.1) is 20.1 Å². The Bertz CT molecular complexity index is 559. The number of hydrogen-bond donors (Lipinski definition) is 0. The van der Waals surface area contributed by atoms with Gasteiger partial charge in [0, 0.05) is 24.6 Å². The zero-order valence-corrected chi connectivity index (χ0v) is 12.5. The third kappa shape index (κ3) is 1.88. The summed E-state index contributed by atoms with van der Waals surface area (Å²) in [5, 5.41) is 0. The van der Waals surface area contributed by atoms with Gasteiger partial charge in [-0.25, -0.2) is 4.98 Å². The van der Waals surface area contributed by atoms with E-state index < -0.39 is 0 Å². The van der Waals surface area contributed by atoms with Crippen LogP contribution >= 0.6 is 0 Å². The van der Waals surface area contributed by atoms with E-state index in [-0.39, 0.29) is 0 Å². The van der Waals surface area contributed by atoms with E-state index in [2.05, 4.69) is 28.9 Å². The Morgan fingerprint density at radius 2 is 1.95 bits per heavy atom. The number of quaternary nitrogens is 1. The Kier molecular flexibility index (Phi) is 2.95. The van der Waals surface area contributed by atoms with Crippen LogP contribution in [0.5, 0.6) is 0 Å². The molecule has 4 rings (SSSR count). The van der Waals surface area contributed by atoms with Gasteiger partial charge < -0.3 is 14.1 Å². The van der Waals surface area contributed by atoms with Crippen molar-refractivity contribution in [1.82, 2.24) is 4.98 Å². The molecule has 110 valence electrons. The Balaban J connectivity index is 1.55. The van der Waals surface area contributed by atoms with Gasteiger partial charge >= 0.3 is 0 Å². The molecule has 0 spiro atoms. The van der Waals surface area contributed by atoms with Gasteiger partial charge in [-0.1, -0.05) is 5.92 Å². The number of terminal acetylenes is 1. The van der Waals surface area contributed by atoms with E-state index in [9.17, 15) is 0 Å². The van der Waals surface area contributed by atoms with E-state index in [0.29, 0.717) is 18.1 Å². The minimum atomic E-state index is 0.710. The topological polar surface area (TPSA) is 25.4 Å². The first-order valence-corrected chi connectivity index (χ1v) is 7.82. The molecule has 3 fully saturated rings. The minimum Gasteiger partial charge on any atom is -0.369 e. The minimum absolute atomic E-state index is 0.710. The summed E-state index contributed by atoms with van der Waals surface area (Å²) in [5.41, 5.74) is 0.853. The third-order valence-corrected chi connectivity index (χ3v) is 5.91. The van der Waals surface area contributed by atoms with Crippen molar-refractivity contribution in [3.05, 3.63) is 23.9 Å². The van der Waals surface area contributed by atoms with Crippen LogP contribution in [0.2, 0.25) is 0 Å². The number of ether oxygens (including phenoxy) is 1. The van der Waals surface area contributed by atoms with Crippen LogP contribution in [0.3, 0.4) is 0 Å². The van der Waals surface area contributed by atoms with Gasteiger partial charge in [-0.3, -0.25) is 0 Å². The number of hydrogen-bond acceptors (Lipinski definition) is 3. The third-order valence-electron chi connectivity index (χ3n) is 5.91. The van der Waals surface area contributed by atoms with E-state index in [4.69, 9.17) is 11.2 Å². The molecule has 4 heterocycles. The molecule has 1 aromatic heterocycles. The number of anilines is 1. The normalized spacial score (nSPS) is 35.3. The summed E-state index contributed by atoms with van der Waals surface area (Å²) in [6.45, 7) is 4.09. The summed E-state index contributed by atoms with van der Waals surface area (Å²) >= 11 is 0. The first-order chi connectivity index (χ1) is 10.2. The van der Waals surface area contributed by atoms with Crippen LogP contribution in [0.25, 0.3) is 0 Å². The van der Waals surface area contributed by atoms with Gasteiger partial charge in [0.15, 0.2) is 0 Å². The standard InChI is InChI=1S/C17H22N3O/c1-3-13-4-7-17(18-8-13)19-9-14-5-6-15(10-19)20(14,2)16-11-21-12-16/h1,4,7-8,14-16H,5-6,9-12H2,2H3/q+1/t14-,15+,20?. The zero-order valence-electron chi connectivity index (χ0n) is 12.5.